The third-order valence-electron chi connectivity index (χ3n) is 4.72. The second-order valence-electron chi connectivity index (χ2n) is 6.77. The van der Waals surface area contributed by atoms with Crippen molar-refractivity contribution in [3.8, 4) is 0 Å². The minimum absolute atomic E-state index is 0.196. The number of anilines is 1. The van der Waals surface area contributed by atoms with Gasteiger partial charge in [0.2, 0.25) is 11.8 Å². The first kappa shape index (κ1) is 20.3. The van der Waals surface area contributed by atoms with Crippen molar-refractivity contribution in [3.05, 3.63) is 65.2 Å². The average molecular weight is 394 g/mol. The molecule has 7 nitrogen and oxygen atoms in total. The number of nitrogens with one attached hydrogen (secondary N) is 1. The van der Waals surface area contributed by atoms with Crippen molar-refractivity contribution in [2.45, 2.75) is 26.2 Å². The second-order valence-corrected chi connectivity index (χ2v) is 6.77. The quantitative estimate of drug-likeness (QED) is 0.574. The van der Waals surface area contributed by atoms with Crippen molar-refractivity contribution in [2.24, 2.45) is 0 Å². The fourth-order valence-electron chi connectivity index (χ4n) is 3.10. The molecule has 0 aliphatic carbocycles. The molecule has 0 bridgehead atoms. The monoisotopic (exact) mass is 394 g/mol. The van der Waals surface area contributed by atoms with Crippen LogP contribution < -0.4 is 10.2 Å². The first-order valence-corrected chi connectivity index (χ1v) is 9.40. The third kappa shape index (κ3) is 5.07. The number of hydrogen-bond donors (Lipinski definition) is 1. The molecule has 0 radical (unpaired) electrons. The van der Waals surface area contributed by atoms with E-state index in [-0.39, 0.29) is 42.7 Å². The molecule has 2 aromatic carbocycles. The summed E-state index contributed by atoms with van der Waals surface area (Å²) in [5.74, 6) is -1.54. The topological polar surface area (TPSA) is 92.8 Å². The SMILES string of the molecule is Cc1ccccc1CCNC(=O)COC(=O)c1ccc(N2C(=O)CCC2=O)cc1. The Kier molecular flexibility index (Phi) is 6.39. The van der Waals surface area contributed by atoms with E-state index in [1.54, 1.807) is 0 Å². The Labute approximate surface area is 168 Å². The van der Waals surface area contributed by atoms with Crippen LogP contribution in [0.15, 0.2) is 48.5 Å². The zero-order chi connectivity index (χ0) is 20.8. The summed E-state index contributed by atoms with van der Waals surface area (Å²) < 4.78 is 5.03. The third-order valence-corrected chi connectivity index (χ3v) is 4.72. The number of carbonyl (C=O) groups is 4. The van der Waals surface area contributed by atoms with Gasteiger partial charge in [-0.05, 0) is 48.7 Å². The van der Waals surface area contributed by atoms with Crippen LogP contribution in [-0.2, 0) is 25.5 Å². The van der Waals surface area contributed by atoms with E-state index in [0.717, 1.165) is 16.0 Å². The van der Waals surface area contributed by atoms with E-state index in [2.05, 4.69) is 5.32 Å². The number of benzene rings is 2. The lowest BCUT2D eigenvalue weighted by Crippen LogP contribution is -2.30. The molecule has 1 fully saturated rings. The number of esters is 1. The smallest absolute Gasteiger partial charge is 0.338 e. The largest absolute Gasteiger partial charge is 0.452 e. The maximum Gasteiger partial charge on any atom is 0.338 e. The van der Waals surface area contributed by atoms with Gasteiger partial charge in [-0.15, -0.1) is 0 Å². The van der Waals surface area contributed by atoms with Crippen molar-refractivity contribution in [2.75, 3.05) is 18.1 Å². The highest BCUT2D eigenvalue weighted by Crippen LogP contribution is 2.22. The van der Waals surface area contributed by atoms with Crippen LogP contribution in [0.25, 0.3) is 0 Å². The molecule has 150 valence electrons. The van der Waals surface area contributed by atoms with E-state index in [9.17, 15) is 19.2 Å². The molecular formula is C22H22N2O5. The molecule has 1 aliphatic heterocycles. The summed E-state index contributed by atoms with van der Waals surface area (Å²) in [4.78, 5) is 48.6. The molecule has 29 heavy (non-hydrogen) atoms. The fourth-order valence-corrected chi connectivity index (χ4v) is 3.10. The van der Waals surface area contributed by atoms with E-state index in [1.807, 2.05) is 31.2 Å². The number of rotatable bonds is 7. The maximum atomic E-state index is 12.1. The van der Waals surface area contributed by atoms with E-state index < -0.39 is 5.97 Å². The second kappa shape index (κ2) is 9.14. The zero-order valence-electron chi connectivity index (χ0n) is 16.1. The molecule has 0 aromatic heterocycles. The van der Waals surface area contributed by atoms with Crippen molar-refractivity contribution in [1.29, 1.82) is 0 Å². The Bertz CT molecular complexity index is 920. The Balaban J connectivity index is 1.45. The predicted molar refractivity (Wildman–Crippen MR) is 106 cm³/mol. The molecule has 0 spiro atoms. The van der Waals surface area contributed by atoms with Gasteiger partial charge in [-0.3, -0.25) is 19.3 Å². The molecule has 1 aliphatic rings. The highest BCUT2D eigenvalue weighted by Gasteiger charge is 2.30. The minimum atomic E-state index is -0.648. The van der Waals surface area contributed by atoms with Crippen LogP contribution in [0.4, 0.5) is 5.69 Å². The molecular weight excluding hydrogens is 372 g/mol. The molecule has 0 unspecified atom stereocenters. The first-order valence-electron chi connectivity index (χ1n) is 9.40. The number of hydrogen-bond acceptors (Lipinski definition) is 5. The number of aryl methyl sites for hydroxylation is 1. The van der Waals surface area contributed by atoms with Crippen molar-refractivity contribution in [3.63, 3.8) is 0 Å². The van der Waals surface area contributed by atoms with E-state index >= 15 is 0 Å². The summed E-state index contributed by atoms with van der Waals surface area (Å²) in [6.07, 6.45) is 1.09. The Morgan fingerprint density at radius 2 is 1.66 bits per heavy atom. The molecule has 0 atom stereocenters. The fraction of sp³-hybridized carbons (Fsp3) is 0.273. The van der Waals surface area contributed by atoms with Crippen LogP contribution in [0.5, 0.6) is 0 Å². The average Bonchev–Trinajstić information content (AvgIpc) is 3.06. The van der Waals surface area contributed by atoms with Crippen LogP contribution >= 0.6 is 0 Å². The zero-order valence-corrected chi connectivity index (χ0v) is 16.1. The highest BCUT2D eigenvalue weighted by molar-refractivity contribution is 6.19. The van der Waals surface area contributed by atoms with Gasteiger partial charge in [0, 0.05) is 19.4 Å². The van der Waals surface area contributed by atoms with Gasteiger partial charge in [0.05, 0.1) is 11.3 Å². The lowest BCUT2D eigenvalue weighted by Gasteiger charge is -2.14. The van der Waals surface area contributed by atoms with E-state index in [1.165, 1.54) is 24.3 Å². The summed E-state index contributed by atoms with van der Waals surface area (Å²) in [5, 5.41) is 2.72. The van der Waals surface area contributed by atoms with Crippen molar-refractivity contribution in [1.82, 2.24) is 5.32 Å². The Hall–Kier alpha value is -3.48. The molecule has 7 heteroatoms. The van der Waals surface area contributed by atoms with Gasteiger partial charge >= 0.3 is 5.97 Å². The van der Waals surface area contributed by atoms with Crippen LogP contribution in [0, 0.1) is 6.92 Å². The number of imide groups is 1. The van der Waals surface area contributed by atoms with Gasteiger partial charge in [-0.25, -0.2) is 4.79 Å². The number of ether oxygens (including phenoxy) is 1. The van der Waals surface area contributed by atoms with Crippen LogP contribution in [0.2, 0.25) is 0 Å². The van der Waals surface area contributed by atoms with E-state index in [4.69, 9.17) is 4.74 Å². The van der Waals surface area contributed by atoms with Crippen LogP contribution in [-0.4, -0.2) is 36.8 Å². The Morgan fingerprint density at radius 3 is 2.31 bits per heavy atom. The van der Waals surface area contributed by atoms with Gasteiger partial charge < -0.3 is 10.1 Å². The first-order chi connectivity index (χ1) is 14.0. The molecule has 0 saturated carbocycles. The summed E-state index contributed by atoms with van der Waals surface area (Å²) in [6.45, 7) is 2.09. The standard InChI is InChI=1S/C22H22N2O5/c1-15-4-2-3-5-16(15)12-13-23-19(25)14-29-22(28)17-6-8-18(9-7-17)24-20(26)10-11-21(24)27/h2-9H,10-14H2,1H3,(H,23,25). The maximum absolute atomic E-state index is 12.1. The van der Waals surface area contributed by atoms with Gasteiger partial charge in [0.1, 0.15) is 0 Å². The summed E-state index contributed by atoms with van der Waals surface area (Å²) in [6, 6.07) is 13.9. The molecule has 1 saturated heterocycles. The van der Waals surface area contributed by atoms with Gasteiger partial charge in [-0.1, -0.05) is 24.3 Å². The highest BCUT2D eigenvalue weighted by atomic mass is 16.5. The minimum Gasteiger partial charge on any atom is -0.452 e. The molecule has 2 aromatic rings. The predicted octanol–water partition coefficient (Wildman–Crippen LogP) is 2.16. The van der Waals surface area contributed by atoms with Crippen LogP contribution in [0.3, 0.4) is 0 Å². The lowest BCUT2D eigenvalue weighted by atomic mass is 10.1. The number of carbonyl (C=O) groups excluding carboxylic acids is 4. The molecule has 3 rings (SSSR count). The van der Waals surface area contributed by atoms with E-state index in [0.29, 0.717) is 18.7 Å². The number of nitrogens with zero attached hydrogens (tertiary/aromatic N) is 1. The van der Waals surface area contributed by atoms with Gasteiger partial charge in [0.15, 0.2) is 6.61 Å². The van der Waals surface area contributed by atoms with Crippen molar-refractivity contribution < 1.29 is 23.9 Å². The summed E-state index contributed by atoms with van der Waals surface area (Å²) in [5.41, 5.74) is 2.97. The molecule has 1 heterocycles. The summed E-state index contributed by atoms with van der Waals surface area (Å²) >= 11 is 0. The molecule has 3 amide bonds. The van der Waals surface area contributed by atoms with Gasteiger partial charge in [0.25, 0.3) is 5.91 Å². The van der Waals surface area contributed by atoms with Crippen molar-refractivity contribution >= 4 is 29.4 Å². The van der Waals surface area contributed by atoms with Gasteiger partial charge in [-0.2, -0.15) is 0 Å². The normalized spacial score (nSPS) is 13.5. The lowest BCUT2D eigenvalue weighted by molar-refractivity contribution is -0.124. The summed E-state index contributed by atoms with van der Waals surface area (Å²) in [7, 11) is 0. The van der Waals surface area contributed by atoms with Crippen LogP contribution in [0.1, 0.15) is 34.3 Å². The Morgan fingerprint density at radius 1 is 1.00 bits per heavy atom. The molecule has 1 N–H and O–H groups in total. The number of amides is 3.